The fourth-order valence-electron chi connectivity index (χ4n) is 4.45. The molecule has 8 heteroatoms. The number of pyridine rings is 1. The van der Waals surface area contributed by atoms with Crippen LogP contribution in [0.4, 0.5) is 18.9 Å². The van der Waals surface area contributed by atoms with Crippen LogP contribution >= 0.6 is 0 Å². The second-order valence-electron chi connectivity index (χ2n) is 8.77. The van der Waals surface area contributed by atoms with Gasteiger partial charge in [-0.15, -0.1) is 0 Å². The molecule has 2 amide bonds. The van der Waals surface area contributed by atoms with Crippen molar-refractivity contribution in [3.8, 4) is 11.1 Å². The van der Waals surface area contributed by atoms with Gasteiger partial charge in [0.15, 0.2) is 0 Å². The first-order valence-electron chi connectivity index (χ1n) is 11.7. The van der Waals surface area contributed by atoms with Crippen molar-refractivity contribution >= 4 is 17.5 Å². The molecule has 0 bridgehead atoms. The van der Waals surface area contributed by atoms with Crippen LogP contribution < -0.4 is 5.32 Å². The zero-order chi connectivity index (χ0) is 26.0. The number of nitrogens with one attached hydrogen (secondary N) is 1. The van der Waals surface area contributed by atoms with Crippen LogP contribution in [0.2, 0.25) is 0 Å². The topological polar surface area (TPSA) is 62.3 Å². The van der Waals surface area contributed by atoms with Gasteiger partial charge in [-0.2, -0.15) is 13.2 Å². The van der Waals surface area contributed by atoms with Crippen LogP contribution in [0.1, 0.15) is 37.4 Å². The van der Waals surface area contributed by atoms with E-state index in [1.807, 2.05) is 12.1 Å². The van der Waals surface area contributed by atoms with Crippen LogP contribution in [-0.4, -0.2) is 28.2 Å². The molecular weight excluding hydrogens is 479 g/mol. The largest absolute Gasteiger partial charge is 0.416 e. The zero-order valence-corrected chi connectivity index (χ0v) is 19.6. The van der Waals surface area contributed by atoms with Gasteiger partial charge in [0.2, 0.25) is 0 Å². The summed E-state index contributed by atoms with van der Waals surface area (Å²) < 4.78 is 38.8. The molecule has 1 aliphatic heterocycles. The Balaban J connectivity index is 1.32. The minimum Gasteiger partial charge on any atom is -0.334 e. The number of hydrogen-bond donors (Lipinski definition) is 1. The van der Waals surface area contributed by atoms with Gasteiger partial charge < -0.3 is 10.2 Å². The highest BCUT2D eigenvalue weighted by Gasteiger charge is 2.30. The summed E-state index contributed by atoms with van der Waals surface area (Å²) in [5.74, 6) is -0.411. The molecular formula is C29H22F3N3O2. The van der Waals surface area contributed by atoms with Gasteiger partial charge in [-0.3, -0.25) is 14.6 Å². The molecule has 1 aliphatic rings. The summed E-state index contributed by atoms with van der Waals surface area (Å²) in [6.07, 6.45) is -0.588. The molecule has 0 saturated heterocycles. The molecule has 186 valence electrons. The molecule has 0 saturated carbocycles. The number of halogens is 3. The molecule has 2 heterocycles. The Morgan fingerprint density at radius 1 is 0.865 bits per heavy atom. The molecule has 0 aliphatic carbocycles. The molecule has 3 aromatic carbocycles. The number of benzene rings is 3. The van der Waals surface area contributed by atoms with E-state index in [0.29, 0.717) is 47.5 Å². The minimum absolute atomic E-state index is 0.0506. The second kappa shape index (κ2) is 9.89. The number of fused-ring (bicyclic) bond motifs is 1. The van der Waals surface area contributed by atoms with Crippen molar-refractivity contribution < 1.29 is 22.8 Å². The van der Waals surface area contributed by atoms with Crippen molar-refractivity contribution in [2.45, 2.75) is 19.1 Å². The zero-order valence-electron chi connectivity index (χ0n) is 19.6. The molecule has 0 unspecified atom stereocenters. The lowest BCUT2D eigenvalue weighted by atomic mass is 9.97. The van der Waals surface area contributed by atoms with Crippen molar-refractivity contribution in [1.82, 2.24) is 9.88 Å². The second-order valence-corrected chi connectivity index (χ2v) is 8.77. The monoisotopic (exact) mass is 501 g/mol. The van der Waals surface area contributed by atoms with Crippen molar-refractivity contribution in [3.05, 3.63) is 119 Å². The molecule has 0 fully saturated rings. The first-order chi connectivity index (χ1) is 17.8. The first kappa shape index (κ1) is 24.2. The van der Waals surface area contributed by atoms with E-state index in [4.69, 9.17) is 0 Å². The van der Waals surface area contributed by atoms with Gasteiger partial charge >= 0.3 is 6.18 Å². The molecule has 0 radical (unpaired) electrons. The lowest BCUT2D eigenvalue weighted by Gasteiger charge is -2.29. The first-order valence-corrected chi connectivity index (χ1v) is 11.7. The van der Waals surface area contributed by atoms with E-state index < -0.39 is 11.7 Å². The highest BCUT2D eigenvalue weighted by molar-refractivity contribution is 6.08. The smallest absolute Gasteiger partial charge is 0.334 e. The molecule has 5 nitrogen and oxygen atoms in total. The Hall–Kier alpha value is -4.46. The predicted molar refractivity (Wildman–Crippen MR) is 134 cm³/mol. The Bertz CT molecular complexity index is 1450. The molecule has 37 heavy (non-hydrogen) atoms. The summed E-state index contributed by atoms with van der Waals surface area (Å²) in [6, 6.07) is 20.5. The lowest BCUT2D eigenvalue weighted by molar-refractivity contribution is -0.137. The number of carbonyl (C=O) groups is 2. The van der Waals surface area contributed by atoms with Crippen LogP contribution in [0.15, 0.2) is 91.3 Å². The SMILES string of the molecule is O=C(Nc1ccc2c(c1)CCN(C(=O)c1ccncc1)C2)c1ccccc1-c1ccc(C(F)(F)F)cc1. The maximum Gasteiger partial charge on any atom is 0.416 e. The average Bonchev–Trinajstić information content (AvgIpc) is 2.92. The molecule has 1 aromatic heterocycles. The highest BCUT2D eigenvalue weighted by atomic mass is 19.4. The third-order valence-corrected chi connectivity index (χ3v) is 6.39. The van der Waals surface area contributed by atoms with Crippen molar-refractivity contribution in [2.75, 3.05) is 11.9 Å². The normalized spacial score (nSPS) is 13.1. The summed E-state index contributed by atoms with van der Waals surface area (Å²) in [6.45, 7) is 1.03. The van der Waals surface area contributed by atoms with Crippen molar-refractivity contribution in [2.24, 2.45) is 0 Å². The summed E-state index contributed by atoms with van der Waals surface area (Å²) in [4.78, 5) is 31.7. The van der Waals surface area contributed by atoms with Gasteiger partial charge in [0.1, 0.15) is 0 Å². The minimum atomic E-state index is -4.43. The van der Waals surface area contributed by atoms with Gasteiger partial charge in [0.25, 0.3) is 11.8 Å². The van der Waals surface area contributed by atoms with Crippen molar-refractivity contribution in [3.63, 3.8) is 0 Å². The van der Waals surface area contributed by atoms with Gasteiger partial charge in [-0.05, 0) is 71.1 Å². The number of anilines is 1. The quantitative estimate of drug-likeness (QED) is 0.361. The number of hydrogen-bond acceptors (Lipinski definition) is 3. The fourth-order valence-corrected chi connectivity index (χ4v) is 4.45. The Labute approximate surface area is 211 Å². The summed E-state index contributed by atoms with van der Waals surface area (Å²) in [5.41, 5.74) is 3.93. The van der Waals surface area contributed by atoms with Crippen LogP contribution in [0.25, 0.3) is 11.1 Å². The van der Waals surface area contributed by atoms with Crippen LogP contribution in [-0.2, 0) is 19.1 Å². The number of rotatable bonds is 4. The Morgan fingerprint density at radius 2 is 1.59 bits per heavy atom. The summed E-state index contributed by atoms with van der Waals surface area (Å²) >= 11 is 0. The fraction of sp³-hybridized carbons (Fsp3) is 0.138. The number of alkyl halides is 3. The maximum absolute atomic E-state index is 13.2. The average molecular weight is 502 g/mol. The number of aromatic nitrogens is 1. The maximum atomic E-state index is 13.2. The van der Waals surface area contributed by atoms with E-state index in [-0.39, 0.29) is 11.8 Å². The Morgan fingerprint density at radius 3 is 2.32 bits per heavy atom. The van der Waals surface area contributed by atoms with Crippen molar-refractivity contribution in [1.29, 1.82) is 0 Å². The van der Waals surface area contributed by atoms with Gasteiger partial charge in [-0.1, -0.05) is 36.4 Å². The van der Waals surface area contributed by atoms with E-state index in [0.717, 1.165) is 23.3 Å². The molecule has 4 aromatic rings. The van der Waals surface area contributed by atoms with E-state index in [9.17, 15) is 22.8 Å². The van der Waals surface area contributed by atoms with E-state index in [2.05, 4.69) is 10.3 Å². The lowest BCUT2D eigenvalue weighted by Crippen LogP contribution is -2.36. The highest BCUT2D eigenvalue weighted by Crippen LogP contribution is 2.32. The molecule has 0 spiro atoms. The molecule has 5 rings (SSSR count). The number of carbonyl (C=O) groups excluding carboxylic acids is 2. The summed E-state index contributed by atoms with van der Waals surface area (Å²) in [5, 5.41) is 2.91. The molecule has 0 atom stereocenters. The molecule has 1 N–H and O–H groups in total. The number of amides is 2. The van der Waals surface area contributed by atoms with Crippen LogP contribution in [0, 0.1) is 0 Å². The summed E-state index contributed by atoms with van der Waals surface area (Å²) in [7, 11) is 0. The predicted octanol–water partition coefficient (Wildman–Crippen LogP) is 6.22. The van der Waals surface area contributed by atoms with Crippen LogP contribution in [0.5, 0.6) is 0 Å². The number of nitrogens with zero attached hydrogens (tertiary/aromatic N) is 2. The standard InChI is InChI=1S/C29H22F3N3O2/c30-29(31,32)23-8-5-19(6-9-23)25-3-1-2-4-26(25)27(36)34-24-10-7-22-18-35(16-13-21(22)17-24)28(37)20-11-14-33-15-12-20/h1-12,14-15,17H,13,16,18H2,(H,34,36). The Kier molecular flexibility index (Phi) is 6.48. The van der Waals surface area contributed by atoms with E-state index >= 15 is 0 Å². The van der Waals surface area contributed by atoms with Crippen LogP contribution in [0.3, 0.4) is 0 Å². The van der Waals surface area contributed by atoms with Gasteiger partial charge in [-0.25, -0.2) is 0 Å². The third kappa shape index (κ3) is 5.23. The van der Waals surface area contributed by atoms with Gasteiger partial charge in [0.05, 0.1) is 5.56 Å². The third-order valence-electron chi connectivity index (χ3n) is 6.39. The van der Waals surface area contributed by atoms with Gasteiger partial charge in [0, 0.05) is 42.3 Å². The van der Waals surface area contributed by atoms with E-state index in [1.165, 1.54) is 12.1 Å². The van der Waals surface area contributed by atoms with E-state index in [1.54, 1.807) is 59.8 Å².